The lowest BCUT2D eigenvalue weighted by atomic mass is 10.0. The van der Waals surface area contributed by atoms with Gasteiger partial charge in [-0.1, -0.05) is 32.0 Å². The molecule has 0 radical (unpaired) electrons. The summed E-state index contributed by atoms with van der Waals surface area (Å²) >= 11 is 0. The highest BCUT2D eigenvalue weighted by Gasteiger charge is 2.22. The summed E-state index contributed by atoms with van der Waals surface area (Å²) in [6.45, 7) is 4.43. The Morgan fingerprint density at radius 3 is 2.80 bits per heavy atom. The van der Waals surface area contributed by atoms with E-state index in [1.54, 1.807) is 6.07 Å². The van der Waals surface area contributed by atoms with Crippen molar-refractivity contribution < 1.29 is 5.11 Å². The van der Waals surface area contributed by atoms with Gasteiger partial charge in [-0.25, -0.2) is 0 Å². The Morgan fingerprint density at radius 1 is 1.15 bits per heavy atom. The third-order valence-corrected chi connectivity index (χ3v) is 4.10. The van der Waals surface area contributed by atoms with Gasteiger partial charge in [0.2, 0.25) is 0 Å². The molecule has 1 aliphatic carbocycles. The maximum Gasteiger partial charge on any atom is 0.115 e. The van der Waals surface area contributed by atoms with Crippen LogP contribution >= 0.6 is 0 Å². The van der Waals surface area contributed by atoms with E-state index >= 15 is 0 Å². The molecule has 2 N–H and O–H groups in total. The van der Waals surface area contributed by atoms with E-state index in [1.165, 1.54) is 22.4 Å². The van der Waals surface area contributed by atoms with E-state index in [1.807, 2.05) is 12.1 Å². The molecule has 1 aliphatic rings. The minimum atomic E-state index is 0.355. The molecule has 0 fully saturated rings. The van der Waals surface area contributed by atoms with E-state index < -0.39 is 0 Å². The minimum Gasteiger partial charge on any atom is -0.508 e. The Kier molecular flexibility index (Phi) is 3.39. The zero-order valence-electron chi connectivity index (χ0n) is 12.1. The first-order valence-electron chi connectivity index (χ1n) is 7.32. The predicted molar refractivity (Wildman–Crippen MR) is 83.3 cm³/mol. The van der Waals surface area contributed by atoms with Crippen molar-refractivity contribution in [2.24, 2.45) is 0 Å². The molecule has 2 heteroatoms. The lowest BCUT2D eigenvalue weighted by molar-refractivity contribution is 0.474. The first-order valence-corrected chi connectivity index (χ1v) is 7.32. The number of benzene rings is 2. The Balaban J connectivity index is 1.82. The molecule has 0 saturated carbocycles. The van der Waals surface area contributed by atoms with E-state index in [9.17, 15) is 5.11 Å². The fourth-order valence-electron chi connectivity index (χ4n) is 2.94. The van der Waals surface area contributed by atoms with Crippen molar-refractivity contribution >= 4 is 5.69 Å². The van der Waals surface area contributed by atoms with Crippen LogP contribution < -0.4 is 5.32 Å². The largest absolute Gasteiger partial charge is 0.508 e. The van der Waals surface area contributed by atoms with Crippen LogP contribution in [0, 0.1) is 0 Å². The highest BCUT2D eigenvalue weighted by Crippen LogP contribution is 2.35. The Labute approximate surface area is 120 Å². The predicted octanol–water partition coefficient (Wildman–Crippen LogP) is 4.62. The van der Waals surface area contributed by atoms with Crippen molar-refractivity contribution in [3.8, 4) is 5.75 Å². The molecule has 0 bridgehead atoms. The third kappa shape index (κ3) is 2.51. The first-order chi connectivity index (χ1) is 9.63. The third-order valence-electron chi connectivity index (χ3n) is 4.10. The van der Waals surface area contributed by atoms with Gasteiger partial charge in [-0.05, 0) is 59.7 Å². The SMILES string of the molecule is CC(C)c1cccc(NC2CCc3cc(O)ccc32)c1. The number of anilines is 1. The maximum atomic E-state index is 9.55. The standard InChI is InChI=1S/C18H21NO/c1-12(2)13-4-3-5-15(10-13)19-18-9-6-14-11-16(20)7-8-17(14)18/h3-5,7-8,10-12,18-20H,6,9H2,1-2H3. The van der Waals surface area contributed by atoms with Crippen LogP contribution in [0.15, 0.2) is 42.5 Å². The number of aryl methyl sites for hydroxylation is 1. The van der Waals surface area contributed by atoms with Crippen LogP contribution in [0.1, 0.15) is 48.9 Å². The van der Waals surface area contributed by atoms with E-state index in [2.05, 4.69) is 43.4 Å². The van der Waals surface area contributed by atoms with E-state index in [0.717, 1.165) is 12.8 Å². The van der Waals surface area contributed by atoms with Crippen LogP contribution in [0.25, 0.3) is 0 Å². The fourth-order valence-corrected chi connectivity index (χ4v) is 2.94. The molecule has 0 spiro atoms. The van der Waals surface area contributed by atoms with Gasteiger partial charge >= 0.3 is 0 Å². The van der Waals surface area contributed by atoms with Crippen molar-refractivity contribution in [3.63, 3.8) is 0 Å². The topological polar surface area (TPSA) is 32.3 Å². The van der Waals surface area contributed by atoms with Crippen molar-refractivity contribution in [1.82, 2.24) is 0 Å². The van der Waals surface area contributed by atoms with Crippen molar-refractivity contribution in [3.05, 3.63) is 59.2 Å². The number of phenolic OH excluding ortho intramolecular Hbond substituents is 1. The summed E-state index contributed by atoms with van der Waals surface area (Å²) in [6.07, 6.45) is 2.12. The maximum absolute atomic E-state index is 9.55. The van der Waals surface area contributed by atoms with Gasteiger partial charge in [-0.3, -0.25) is 0 Å². The molecule has 1 unspecified atom stereocenters. The highest BCUT2D eigenvalue weighted by atomic mass is 16.3. The second-order valence-corrected chi connectivity index (χ2v) is 5.90. The van der Waals surface area contributed by atoms with Gasteiger partial charge in [0, 0.05) is 5.69 Å². The normalized spacial score (nSPS) is 17.2. The summed E-state index contributed by atoms with van der Waals surface area (Å²) in [4.78, 5) is 0. The van der Waals surface area contributed by atoms with Crippen LogP contribution in [-0.4, -0.2) is 5.11 Å². The molecule has 20 heavy (non-hydrogen) atoms. The van der Waals surface area contributed by atoms with E-state index in [4.69, 9.17) is 0 Å². The molecule has 104 valence electrons. The van der Waals surface area contributed by atoms with Crippen LogP contribution in [0.5, 0.6) is 5.75 Å². The number of rotatable bonds is 3. The molecule has 1 atom stereocenters. The second-order valence-electron chi connectivity index (χ2n) is 5.90. The summed E-state index contributed by atoms with van der Waals surface area (Å²) in [5, 5.41) is 13.2. The average molecular weight is 267 g/mol. The molecule has 2 aromatic carbocycles. The summed E-state index contributed by atoms with van der Waals surface area (Å²) in [6, 6.07) is 14.7. The monoisotopic (exact) mass is 267 g/mol. The van der Waals surface area contributed by atoms with Gasteiger partial charge < -0.3 is 10.4 Å². The summed E-state index contributed by atoms with van der Waals surface area (Å²) < 4.78 is 0. The number of hydrogen-bond donors (Lipinski definition) is 2. The molecule has 0 aliphatic heterocycles. The van der Waals surface area contributed by atoms with Crippen molar-refractivity contribution in [2.45, 2.75) is 38.6 Å². The number of aromatic hydroxyl groups is 1. The first kappa shape index (κ1) is 13.0. The Hall–Kier alpha value is -1.96. The summed E-state index contributed by atoms with van der Waals surface area (Å²) in [7, 11) is 0. The number of nitrogens with one attached hydrogen (secondary N) is 1. The second kappa shape index (κ2) is 5.20. The zero-order valence-corrected chi connectivity index (χ0v) is 12.1. The molecular formula is C18H21NO. The molecule has 0 amide bonds. The van der Waals surface area contributed by atoms with Gasteiger partial charge in [0.1, 0.15) is 5.75 Å². The minimum absolute atomic E-state index is 0.355. The zero-order chi connectivity index (χ0) is 14.1. The number of fused-ring (bicyclic) bond motifs is 1. The van der Waals surface area contributed by atoms with Crippen LogP contribution in [0.3, 0.4) is 0 Å². The number of phenols is 1. The fraction of sp³-hybridized carbons (Fsp3) is 0.333. The Bertz CT molecular complexity index is 619. The van der Waals surface area contributed by atoms with Crippen molar-refractivity contribution in [1.29, 1.82) is 0 Å². The quantitative estimate of drug-likeness (QED) is 0.850. The molecule has 0 saturated heterocycles. The van der Waals surface area contributed by atoms with E-state index in [0.29, 0.717) is 17.7 Å². The van der Waals surface area contributed by atoms with Gasteiger partial charge in [-0.15, -0.1) is 0 Å². The Morgan fingerprint density at radius 2 is 2.00 bits per heavy atom. The molecular weight excluding hydrogens is 246 g/mol. The summed E-state index contributed by atoms with van der Waals surface area (Å²) in [5.41, 5.74) is 5.13. The summed E-state index contributed by atoms with van der Waals surface area (Å²) in [5.74, 6) is 0.913. The molecule has 0 aromatic heterocycles. The van der Waals surface area contributed by atoms with Gasteiger partial charge in [0.05, 0.1) is 6.04 Å². The smallest absolute Gasteiger partial charge is 0.115 e. The van der Waals surface area contributed by atoms with Gasteiger partial charge in [0.25, 0.3) is 0 Å². The molecule has 3 rings (SSSR count). The average Bonchev–Trinajstić information content (AvgIpc) is 2.81. The number of hydrogen-bond acceptors (Lipinski definition) is 2. The lowest BCUT2D eigenvalue weighted by Crippen LogP contribution is -2.07. The van der Waals surface area contributed by atoms with E-state index in [-0.39, 0.29) is 0 Å². The van der Waals surface area contributed by atoms with Crippen molar-refractivity contribution in [2.75, 3.05) is 5.32 Å². The van der Waals surface area contributed by atoms with Crippen LogP contribution in [0.4, 0.5) is 5.69 Å². The van der Waals surface area contributed by atoms with Crippen LogP contribution in [-0.2, 0) is 6.42 Å². The molecule has 2 nitrogen and oxygen atoms in total. The van der Waals surface area contributed by atoms with Crippen LogP contribution in [0.2, 0.25) is 0 Å². The van der Waals surface area contributed by atoms with Gasteiger partial charge in [0.15, 0.2) is 0 Å². The lowest BCUT2D eigenvalue weighted by Gasteiger charge is -2.17. The molecule has 2 aromatic rings. The molecule has 0 heterocycles. The highest BCUT2D eigenvalue weighted by molar-refractivity contribution is 5.51. The van der Waals surface area contributed by atoms with Gasteiger partial charge in [-0.2, -0.15) is 0 Å².